The van der Waals surface area contributed by atoms with Crippen LogP contribution in [0.5, 0.6) is 0 Å². The molecule has 102 valence electrons. The van der Waals surface area contributed by atoms with E-state index in [0.29, 0.717) is 16.0 Å². The average molecular weight is 275 g/mol. The minimum Gasteiger partial charge on any atom is -0.399 e. The van der Waals surface area contributed by atoms with Gasteiger partial charge in [0, 0.05) is 17.0 Å². The van der Waals surface area contributed by atoms with E-state index in [9.17, 15) is 0 Å². The SMILES string of the molecule is CSC1(CNc2ccc(N)cc2C#N)CCCCC1. The van der Waals surface area contributed by atoms with Crippen molar-refractivity contribution < 1.29 is 0 Å². The monoisotopic (exact) mass is 275 g/mol. The number of nitrogens with zero attached hydrogens (tertiary/aromatic N) is 1. The number of nitrogens with two attached hydrogens (primary N) is 1. The summed E-state index contributed by atoms with van der Waals surface area (Å²) in [5.74, 6) is 0. The van der Waals surface area contributed by atoms with Crippen LogP contribution in [0.2, 0.25) is 0 Å². The molecule has 0 bridgehead atoms. The maximum Gasteiger partial charge on any atom is 0.101 e. The molecule has 0 aromatic heterocycles. The Balaban J connectivity index is 2.07. The van der Waals surface area contributed by atoms with Crippen molar-refractivity contribution in [1.29, 1.82) is 5.26 Å². The molecular formula is C15H21N3S. The zero-order valence-corrected chi connectivity index (χ0v) is 12.2. The minimum atomic E-state index is 0.326. The molecule has 2 rings (SSSR count). The predicted octanol–water partition coefficient (Wildman–Crippen LogP) is 3.62. The van der Waals surface area contributed by atoms with Gasteiger partial charge >= 0.3 is 0 Å². The third-order valence-corrected chi connectivity index (χ3v) is 5.38. The van der Waals surface area contributed by atoms with Crippen LogP contribution in [-0.4, -0.2) is 17.5 Å². The van der Waals surface area contributed by atoms with E-state index in [1.807, 2.05) is 23.9 Å². The molecule has 1 aromatic carbocycles. The first-order valence-electron chi connectivity index (χ1n) is 6.78. The van der Waals surface area contributed by atoms with Crippen LogP contribution in [0, 0.1) is 11.3 Å². The molecule has 0 spiro atoms. The van der Waals surface area contributed by atoms with Gasteiger partial charge in [-0.1, -0.05) is 19.3 Å². The summed E-state index contributed by atoms with van der Waals surface area (Å²) in [4.78, 5) is 0. The Kier molecular flexibility index (Phi) is 4.60. The average Bonchev–Trinajstić information content (AvgIpc) is 2.47. The third kappa shape index (κ3) is 3.36. The van der Waals surface area contributed by atoms with Crippen LogP contribution in [0.3, 0.4) is 0 Å². The van der Waals surface area contributed by atoms with Crippen molar-refractivity contribution in [3.63, 3.8) is 0 Å². The van der Waals surface area contributed by atoms with Crippen LogP contribution < -0.4 is 11.1 Å². The Morgan fingerprint density at radius 3 is 2.74 bits per heavy atom. The van der Waals surface area contributed by atoms with Gasteiger partial charge in [-0.05, 0) is 37.3 Å². The Labute approximate surface area is 119 Å². The van der Waals surface area contributed by atoms with Gasteiger partial charge < -0.3 is 11.1 Å². The number of nitrogens with one attached hydrogen (secondary N) is 1. The lowest BCUT2D eigenvalue weighted by Gasteiger charge is -2.36. The van der Waals surface area contributed by atoms with Gasteiger partial charge in [-0.15, -0.1) is 0 Å². The molecule has 0 aliphatic heterocycles. The number of hydrogen-bond donors (Lipinski definition) is 2. The summed E-state index contributed by atoms with van der Waals surface area (Å²) in [5, 5.41) is 12.6. The van der Waals surface area contributed by atoms with Crippen LogP contribution in [-0.2, 0) is 0 Å². The van der Waals surface area contributed by atoms with E-state index in [2.05, 4.69) is 17.6 Å². The van der Waals surface area contributed by atoms with E-state index in [-0.39, 0.29) is 0 Å². The van der Waals surface area contributed by atoms with Crippen molar-refractivity contribution >= 4 is 23.1 Å². The van der Waals surface area contributed by atoms with Crippen molar-refractivity contribution in [2.75, 3.05) is 23.9 Å². The highest BCUT2D eigenvalue weighted by atomic mass is 32.2. The van der Waals surface area contributed by atoms with E-state index in [0.717, 1.165) is 12.2 Å². The van der Waals surface area contributed by atoms with Crippen molar-refractivity contribution in [2.45, 2.75) is 36.9 Å². The molecule has 0 heterocycles. The van der Waals surface area contributed by atoms with E-state index >= 15 is 0 Å². The predicted molar refractivity (Wildman–Crippen MR) is 83.4 cm³/mol. The molecular weight excluding hydrogens is 254 g/mol. The maximum absolute atomic E-state index is 9.15. The van der Waals surface area contributed by atoms with Gasteiger partial charge in [-0.2, -0.15) is 17.0 Å². The number of hydrogen-bond acceptors (Lipinski definition) is 4. The summed E-state index contributed by atoms with van der Waals surface area (Å²) < 4.78 is 0.326. The lowest BCUT2D eigenvalue weighted by molar-refractivity contribution is 0.411. The zero-order valence-electron chi connectivity index (χ0n) is 11.4. The maximum atomic E-state index is 9.15. The highest BCUT2D eigenvalue weighted by molar-refractivity contribution is 8.00. The van der Waals surface area contributed by atoms with E-state index in [4.69, 9.17) is 11.0 Å². The summed E-state index contributed by atoms with van der Waals surface area (Å²) in [6, 6.07) is 7.69. The molecule has 0 radical (unpaired) electrons. The lowest BCUT2D eigenvalue weighted by atomic mass is 9.88. The molecule has 19 heavy (non-hydrogen) atoms. The fraction of sp³-hybridized carbons (Fsp3) is 0.533. The van der Waals surface area contributed by atoms with Gasteiger partial charge in [0.1, 0.15) is 6.07 Å². The Hall–Kier alpha value is -1.34. The molecule has 0 saturated heterocycles. The Morgan fingerprint density at radius 1 is 1.37 bits per heavy atom. The number of nitrogen functional groups attached to an aromatic ring is 1. The summed E-state index contributed by atoms with van der Waals surface area (Å²) in [5.41, 5.74) is 7.88. The molecule has 0 unspecified atom stereocenters. The summed E-state index contributed by atoms with van der Waals surface area (Å²) in [6.07, 6.45) is 8.70. The number of benzene rings is 1. The molecule has 1 saturated carbocycles. The largest absolute Gasteiger partial charge is 0.399 e. The second-order valence-corrected chi connectivity index (χ2v) is 6.49. The van der Waals surface area contributed by atoms with E-state index in [1.54, 1.807) is 6.07 Å². The highest BCUT2D eigenvalue weighted by Crippen LogP contribution is 2.38. The second-order valence-electron chi connectivity index (χ2n) is 5.22. The molecule has 0 atom stereocenters. The fourth-order valence-corrected chi connectivity index (χ4v) is 3.63. The number of rotatable bonds is 4. The number of thioether (sulfide) groups is 1. The quantitative estimate of drug-likeness (QED) is 0.824. The van der Waals surface area contributed by atoms with Crippen LogP contribution in [0.25, 0.3) is 0 Å². The van der Waals surface area contributed by atoms with Gasteiger partial charge in [0.05, 0.1) is 11.3 Å². The first-order valence-corrected chi connectivity index (χ1v) is 8.00. The van der Waals surface area contributed by atoms with Crippen LogP contribution >= 0.6 is 11.8 Å². The first-order chi connectivity index (χ1) is 9.19. The van der Waals surface area contributed by atoms with Gasteiger partial charge in [-0.3, -0.25) is 0 Å². The topological polar surface area (TPSA) is 61.8 Å². The molecule has 1 aromatic rings. The van der Waals surface area contributed by atoms with Crippen LogP contribution in [0.15, 0.2) is 18.2 Å². The Bertz CT molecular complexity index is 473. The molecule has 1 aliphatic carbocycles. The summed E-state index contributed by atoms with van der Waals surface area (Å²) >= 11 is 1.96. The van der Waals surface area contributed by atoms with Gasteiger partial charge in [0.2, 0.25) is 0 Å². The molecule has 1 aliphatic rings. The van der Waals surface area contributed by atoms with Crippen molar-refractivity contribution in [3.8, 4) is 6.07 Å². The van der Waals surface area contributed by atoms with Crippen LogP contribution in [0.4, 0.5) is 11.4 Å². The molecule has 0 amide bonds. The van der Waals surface area contributed by atoms with Crippen molar-refractivity contribution in [3.05, 3.63) is 23.8 Å². The van der Waals surface area contributed by atoms with E-state index in [1.165, 1.54) is 32.1 Å². The van der Waals surface area contributed by atoms with Gasteiger partial charge in [0.15, 0.2) is 0 Å². The van der Waals surface area contributed by atoms with Gasteiger partial charge in [0.25, 0.3) is 0 Å². The molecule has 1 fully saturated rings. The molecule has 4 heteroatoms. The Morgan fingerprint density at radius 2 is 2.11 bits per heavy atom. The molecule has 3 nitrogen and oxygen atoms in total. The lowest BCUT2D eigenvalue weighted by Crippen LogP contribution is -2.35. The van der Waals surface area contributed by atoms with Crippen molar-refractivity contribution in [2.24, 2.45) is 0 Å². The first kappa shape index (κ1) is 14.1. The van der Waals surface area contributed by atoms with Gasteiger partial charge in [-0.25, -0.2) is 0 Å². The smallest absolute Gasteiger partial charge is 0.101 e. The standard InChI is InChI=1S/C15H21N3S/c1-19-15(7-3-2-4-8-15)11-18-14-6-5-13(17)9-12(14)10-16/h5-6,9,18H,2-4,7-8,11,17H2,1H3. The highest BCUT2D eigenvalue weighted by Gasteiger charge is 2.30. The zero-order chi connectivity index (χ0) is 13.7. The summed E-state index contributed by atoms with van der Waals surface area (Å²) in [6.45, 7) is 0.923. The van der Waals surface area contributed by atoms with Crippen molar-refractivity contribution in [1.82, 2.24) is 0 Å². The number of nitriles is 1. The fourth-order valence-electron chi connectivity index (χ4n) is 2.71. The summed E-state index contributed by atoms with van der Waals surface area (Å²) in [7, 11) is 0. The minimum absolute atomic E-state index is 0.326. The number of anilines is 2. The van der Waals surface area contributed by atoms with Crippen LogP contribution in [0.1, 0.15) is 37.7 Å². The molecule has 3 N–H and O–H groups in total. The second kappa shape index (κ2) is 6.21. The third-order valence-electron chi connectivity index (χ3n) is 3.96. The van der Waals surface area contributed by atoms with E-state index < -0.39 is 0 Å². The normalized spacial score (nSPS) is 17.7.